The van der Waals surface area contributed by atoms with Gasteiger partial charge in [0.05, 0.1) is 5.70 Å². The molecular formula is C15H24FN3O2. The number of allylic oxidation sites excluding steroid dienone is 1. The number of amides is 1. The van der Waals surface area contributed by atoms with Crippen molar-refractivity contribution < 1.29 is 13.9 Å². The van der Waals surface area contributed by atoms with E-state index < -0.39 is 17.4 Å². The van der Waals surface area contributed by atoms with Crippen LogP contribution in [0, 0.1) is 0 Å². The van der Waals surface area contributed by atoms with Crippen molar-refractivity contribution in [2.45, 2.75) is 51.3 Å². The first-order valence-electron chi connectivity index (χ1n) is 6.97. The van der Waals surface area contributed by atoms with Crippen LogP contribution in [0.3, 0.4) is 0 Å². The molecule has 0 saturated carbocycles. The number of aliphatic imine (C=N–C) groups is 2. The predicted octanol–water partition coefficient (Wildman–Crippen LogP) is 3.36. The summed E-state index contributed by atoms with van der Waals surface area (Å²) in [5, 5.41) is 0. The van der Waals surface area contributed by atoms with Crippen molar-refractivity contribution in [2.75, 3.05) is 13.1 Å². The number of piperidine rings is 1. The van der Waals surface area contributed by atoms with Gasteiger partial charge in [-0.05, 0) is 47.0 Å². The Balaban J connectivity index is 2.58. The van der Waals surface area contributed by atoms with E-state index in [-0.39, 0.29) is 19.3 Å². The Labute approximate surface area is 125 Å². The normalized spacial score (nSPS) is 19.0. The smallest absolute Gasteiger partial charge is 0.410 e. The summed E-state index contributed by atoms with van der Waals surface area (Å²) in [5.74, 6) is 0. The van der Waals surface area contributed by atoms with Crippen molar-refractivity contribution in [1.29, 1.82) is 0 Å². The van der Waals surface area contributed by atoms with Gasteiger partial charge in [-0.15, -0.1) is 0 Å². The zero-order chi connectivity index (χ0) is 16.1. The Morgan fingerprint density at radius 2 is 1.95 bits per heavy atom. The van der Waals surface area contributed by atoms with Gasteiger partial charge < -0.3 is 9.64 Å². The average molecular weight is 297 g/mol. The summed E-state index contributed by atoms with van der Waals surface area (Å²) in [6, 6.07) is 0. The number of rotatable bonds is 4. The molecule has 0 spiro atoms. The highest BCUT2D eigenvalue weighted by Gasteiger charge is 2.37. The largest absolute Gasteiger partial charge is 0.444 e. The van der Waals surface area contributed by atoms with Crippen LogP contribution in [0.2, 0.25) is 0 Å². The minimum atomic E-state index is -1.39. The standard InChI is InChI=1S/C15H24FN3O2/c1-14(2,3)21-13(20)19-8-6-15(16,7-9-19)10-12(18-5)11-17-4/h11H,4-10H2,1-3H3/b12-11-. The molecule has 5 nitrogen and oxygen atoms in total. The van der Waals surface area contributed by atoms with E-state index in [1.807, 2.05) is 20.8 Å². The fourth-order valence-corrected chi connectivity index (χ4v) is 2.17. The van der Waals surface area contributed by atoms with Crippen LogP contribution in [0.15, 0.2) is 21.9 Å². The maximum absolute atomic E-state index is 14.7. The van der Waals surface area contributed by atoms with Gasteiger partial charge in [0.1, 0.15) is 11.3 Å². The Morgan fingerprint density at radius 1 is 1.38 bits per heavy atom. The van der Waals surface area contributed by atoms with Crippen LogP contribution in [-0.2, 0) is 4.74 Å². The number of carbonyl (C=O) groups excluding carboxylic acids is 1. The lowest BCUT2D eigenvalue weighted by Crippen LogP contribution is -2.46. The van der Waals surface area contributed by atoms with Gasteiger partial charge in [-0.1, -0.05) is 0 Å². The van der Waals surface area contributed by atoms with Crippen LogP contribution in [0.5, 0.6) is 0 Å². The fourth-order valence-electron chi connectivity index (χ4n) is 2.17. The van der Waals surface area contributed by atoms with E-state index in [0.717, 1.165) is 0 Å². The molecule has 1 amide bonds. The van der Waals surface area contributed by atoms with Gasteiger partial charge in [0.15, 0.2) is 0 Å². The lowest BCUT2D eigenvalue weighted by molar-refractivity contribution is 0.00336. The Hall–Kier alpha value is -1.72. The molecule has 21 heavy (non-hydrogen) atoms. The number of hydrogen-bond acceptors (Lipinski definition) is 4. The SMILES string of the molecule is C=N/C=C(/CC1(F)CCN(C(=O)OC(C)(C)C)CC1)N=C. The molecule has 118 valence electrons. The van der Waals surface area contributed by atoms with Gasteiger partial charge in [-0.2, -0.15) is 0 Å². The van der Waals surface area contributed by atoms with E-state index in [4.69, 9.17) is 4.74 Å². The number of hydrogen-bond donors (Lipinski definition) is 0. The maximum Gasteiger partial charge on any atom is 0.410 e. The molecule has 1 heterocycles. The minimum absolute atomic E-state index is 0.137. The van der Waals surface area contributed by atoms with Gasteiger partial charge >= 0.3 is 6.09 Å². The molecule has 0 aromatic rings. The molecule has 0 aromatic heterocycles. The second-order valence-electron chi connectivity index (χ2n) is 6.26. The summed E-state index contributed by atoms with van der Waals surface area (Å²) in [7, 11) is 0. The van der Waals surface area contributed by atoms with Gasteiger partial charge in [0, 0.05) is 25.7 Å². The van der Waals surface area contributed by atoms with E-state index in [2.05, 4.69) is 23.4 Å². The highest BCUT2D eigenvalue weighted by atomic mass is 19.1. The van der Waals surface area contributed by atoms with Crippen molar-refractivity contribution in [3.8, 4) is 0 Å². The van der Waals surface area contributed by atoms with Crippen molar-refractivity contribution >= 4 is 19.5 Å². The van der Waals surface area contributed by atoms with E-state index in [1.54, 1.807) is 4.90 Å². The fraction of sp³-hybridized carbons (Fsp3) is 0.667. The third-order valence-corrected chi connectivity index (χ3v) is 3.25. The molecule has 1 rings (SSSR count). The van der Waals surface area contributed by atoms with Gasteiger partial charge in [-0.3, -0.25) is 9.98 Å². The molecular weight excluding hydrogens is 273 g/mol. The number of halogens is 1. The van der Waals surface area contributed by atoms with Crippen molar-refractivity contribution in [2.24, 2.45) is 9.98 Å². The summed E-state index contributed by atoms with van der Waals surface area (Å²) in [4.78, 5) is 20.8. The summed E-state index contributed by atoms with van der Waals surface area (Å²) >= 11 is 0. The van der Waals surface area contributed by atoms with Crippen LogP contribution in [-0.4, -0.2) is 48.8 Å². The molecule has 1 aliphatic rings. The van der Waals surface area contributed by atoms with Gasteiger partial charge in [-0.25, -0.2) is 9.18 Å². The average Bonchev–Trinajstić information content (AvgIpc) is 2.36. The van der Waals surface area contributed by atoms with Crippen molar-refractivity contribution in [3.63, 3.8) is 0 Å². The van der Waals surface area contributed by atoms with Crippen LogP contribution >= 0.6 is 0 Å². The quantitative estimate of drug-likeness (QED) is 0.747. The highest BCUT2D eigenvalue weighted by molar-refractivity contribution is 5.68. The van der Waals surface area contributed by atoms with Gasteiger partial charge in [0.25, 0.3) is 0 Å². The Bertz CT molecular complexity index is 433. The third kappa shape index (κ3) is 5.65. The lowest BCUT2D eigenvalue weighted by atomic mass is 9.89. The van der Waals surface area contributed by atoms with Crippen LogP contribution in [0.4, 0.5) is 9.18 Å². The van der Waals surface area contributed by atoms with E-state index >= 15 is 0 Å². The first-order chi connectivity index (χ1) is 9.69. The summed E-state index contributed by atoms with van der Waals surface area (Å²) in [5.41, 5.74) is -1.46. The molecule has 0 N–H and O–H groups in total. The molecule has 0 aromatic carbocycles. The lowest BCUT2D eigenvalue weighted by Gasteiger charge is -2.37. The number of alkyl halides is 1. The number of likely N-dealkylation sites (tertiary alicyclic amines) is 1. The molecule has 0 aliphatic carbocycles. The molecule has 1 fully saturated rings. The molecule has 0 radical (unpaired) electrons. The van der Waals surface area contributed by atoms with E-state index in [9.17, 15) is 9.18 Å². The summed E-state index contributed by atoms with van der Waals surface area (Å²) < 4.78 is 20.0. The van der Waals surface area contributed by atoms with Crippen LogP contribution in [0.25, 0.3) is 0 Å². The number of nitrogens with zero attached hydrogens (tertiary/aromatic N) is 3. The predicted molar refractivity (Wildman–Crippen MR) is 82.7 cm³/mol. The number of ether oxygens (including phenoxy) is 1. The first kappa shape index (κ1) is 17.3. The van der Waals surface area contributed by atoms with E-state index in [1.165, 1.54) is 6.20 Å². The third-order valence-electron chi connectivity index (χ3n) is 3.25. The van der Waals surface area contributed by atoms with Crippen LogP contribution in [0.1, 0.15) is 40.0 Å². The zero-order valence-electron chi connectivity index (χ0n) is 13.1. The first-order valence-corrected chi connectivity index (χ1v) is 6.97. The minimum Gasteiger partial charge on any atom is -0.444 e. The molecule has 0 atom stereocenters. The topological polar surface area (TPSA) is 54.3 Å². The molecule has 0 unspecified atom stereocenters. The Kier molecular flexibility index (Phi) is 5.63. The summed E-state index contributed by atoms with van der Waals surface area (Å²) in [6.07, 6.45) is 1.65. The Morgan fingerprint density at radius 3 is 2.38 bits per heavy atom. The molecule has 0 bridgehead atoms. The van der Waals surface area contributed by atoms with Crippen LogP contribution < -0.4 is 0 Å². The van der Waals surface area contributed by atoms with Gasteiger partial charge in [0.2, 0.25) is 0 Å². The number of carbonyl (C=O) groups is 1. The second kappa shape index (κ2) is 6.83. The molecule has 1 aliphatic heterocycles. The van der Waals surface area contributed by atoms with Crippen molar-refractivity contribution in [3.05, 3.63) is 11.9 Å². The van der Waals surface area contributed by atoms with Crippen molar-refractivity contribution in [1.82, 2.24) is 4.90 Å². The van der Waals surface area contributed by atoms with E-state index in [0.29, 0.717) is 18.8 Å². The summed E-state index contributed by atoms with van der Waals surface area (Å²) in [6.45, 7) is 12.8. The molecule has 1 saturated heterocycles. The molecule has 6 heteroatoms. The highest BCUT2D eigenvalue weighted by Crippen LogP contribution is 2.33. The monoisotopic (exact) mass is 297 g/mol. The second-order valence-corrected chi connectivity index (χ2v) is 6.26. The zero-order valence-corrected chi connectivity index (χ0v) is 13.1. The maximum atomic E-state index is 14.7.